The number of imidazole rings is 1. The van der Waals surface area contributed by atoms with Gasteiger partial charge in [0, 0.05) is 32.3 Å². The van der Waals surface area contributed by atoms with Crippen molar-refractivity contribution in [2.45, 2.75) is 32.5 Å². The number of fused-ring (bicyclic) bond motifs is 1. The normalized spacial score (nSPS) is 23.6. The van der Waals surface area contributed by atoms with E-state index in [1.807, 2.05) is 6.20 Å². The Balaban J connectivity index is 1.40. The lowest BCUT2D eigenvalue weighted by molar-refractivity contribution is 0.0912. The number of hydrogen-bond donors (Lipinski definition) is 1. The van der Waals surface area contributed by atoms with Crippen LogP contribution in [0.1, 0.15) is 41.5 Å². The highest BCUT2D eigenvalue weighted by Crippen LogP contribution is 2.27. The third kappa shape index (κ3) is 3.32. The van der Waals surface area contributed by atoms with E-state index in [0.717, 1.165) is 50.8 Å². The molecule has 134 valence electrons. The van der Waals surface area contributed by atoms with Crippen LogP contribution in [-0.2, 0) is 17.8 Å². The average molecular weight is 345 g/mol. The highest BCUT2D eigenvalue weighted by molar-refractivity contribution is 5.91. The van der Waals surface area contributed by atoms with Crippen LogP contribution in [0, 0.1) is 5.92 Å². The molecular weight excluding hydrogens is 322 g/mol. The van der Waals surface area contributed by atoms with E-state index in [4.69, 9.17) is 9.26 Å². The smallest absolute Gasteiger partial charge is 0.290 e. The Hall–Kier alpha value is -2.19. The molecule has 1 saturated heterocycles. The average Bonchev–Trinajstić information content (AvgIpc) is 3.37. The molecule has 0 aromatic carbocycles. The molecule has 25 heavy (non-hydrogen) atoms. The molecule has 0 spiro atoms. The first kappa shape index (κ1) is 16.3. The molecule has 2 atom stereocenters. The van der Waals surface area contributed by atoms with E-state index in [-0.39, 0.29) is 17.7 Å². The quantitative estimate of drug-likeness (QED) is 0.877. The molecule has 0 radical (unpaired) electrons. The summed E-state index contributed by atoms with van der Waals surface area (Å²) in [4.78, 5) is 19.1. The van der Waals surface area contributed by atoms with Crippen molar-refractivity contribution in [3.63, 3.8) is 0 Å². The van der Waals surface area contributed by atoms with E-state index in [9.17, 15) is 4.79 Å². The third-order valence-electron chi connectivity index (χ3n) is 5.11. The van der Waals surface area contributed by atoms with Crippen LogP contribution >= 0.6 is 0 Å². The molecule has 0 aliphatic carbocycles. The maximum atomic E-state index is 12.0. The van der Waals surface area contributed by atoms with Crippen molar-refractivity contribution < 1.29 is 14.1 Å². The summed E-state index contributed by atoms with van der Waals surface area (Å²) in [6.45, 7) is 7.32. The van der Waals surface area contributed by atoms with E-state index < -0.39 is 0 Å². The highest BCUT2D eigenvalue weighted by atomic mass is 16.5. The Labute approximate surface area is 146 Å². The number of carbonyl (C=O) groups is 1. The molecular formula is C17H23N5O3. The summed E-state index contributed by atoms with van der Waals surface area (Å²) in [5.74, 6) is 1.65. The summed E-state index contributed by atoms with van der Waals surface area (Å²) in [5, 5.41) is 6.41. The molecule has 8 heteroatoms. The minimum Gasteiger partial charge on any atom is -0.381 e. The Bertz CT molecular complexity index is 721. The second-order valence-electron chi connectivity index (χ2n) is 6.72. The molecule has 4 heterocycles. The molecule has 1 amide bonds. The monoisotopic (exact) mass is 345 g/mol. The highest BCUT2D eigenvalue weighted by Gasteiger charge is 2.29. The van der Waals surface area contributed by atoms with E-state index in [2.05, 4.69) is 31.8 Å². The Morgan fingerprint density at radius 3 is 3.12 bits per heavy atom. The molecule has 0 unspecified atom stereocenters. The number of hydrogen-bond acceptors (Lipinski definition) is 6. The van der Waals surface area contributed by atoms with Crippen LogP contribution in [-0.4, -0.2) is 51.8 Å². The van der Waals surface area contributed by atoms with Crippen molar-refractivity contribution in [2.75, 3.05) is 26.3 Å². The number of rotatable bonds is 5. The van der Waals surface area contributed by atoms with Crippen LogP contribution in [0.4, 0.5) is 0 Å². The summed E-state index contributed by atoms with van der Waals surface area (Å²) in [7, 11) is 0. The van der Waals surface area contributed by atoms with E-state index in [1.165, 1.54) is 6.20 Å². The number of amides is 1. The molecule has 2 aromatic rings. The van der Waals surface area contributed by atoms with Gasteiger partial charge in [-0.2, -0.15) is 0 Å². The number of ether oxygens (including phenoxy) is 1. The maximum absolute atomic E-state index is 12.0. The van der Waals surface area contributed by atoms with Crippen molar-refractivity contribution in [1.82, 2.24) is 24.9 Å². The Kier molecular flexibility index (Phi) is 4.54. The summed E-state index contributed by atoms with van der Waals surface area (Å²) in [6.07, 6.45) is 4.46. The summed E-state index contributed by atoms with van der Waals surface area (Å²) in [5.41, 5.74) is 1.01. The first-order valence-corrected chi connectivity index (χ1v) is 8.77. The van der Waals surface area contributed by atoms with Gasteiger partial charge < -0.3 is 19.1 Å². The van der Waals surface area contributed by atoms with Gasteiger partial charge in [0.25, 0.3) is 5.91 Å². The van der Waals surface area contributed by atoms with Gasteiger partial charge in [0.1, 0.15) is 5.82 Å². The minimum absolute atomic E-state index is 0.219. The third-order valence-corrected chi connectivity index (χ3v) is 5.11. The Morgan fingerprint density at radius 2 is 2.36 bits per heavy atom. The lowest BCUT2D eigenvalue weighted by atomic mass is 10.1. The van der Waals surface area contributed by atoms with Crippen molar-refractivity contribution in [2.24, 2.45) is 5.92 Å². The number of nitrogens with one attached hydrogen (secondary N) is 1. The van der Waals surface area contributed by atoms with Crippen LogP contribution in [0.25, 0.3) is 0 Å². The zero-order valence-corrected chi connectivity index (χ0v) is 14.4. The van der Waals surface area contributed by atoms with Crippen molar-refractivity contribution in [3.05, 3.63) is 35.7 Å². The fourth-order valence-corrected chi connectivity index (χ4v) is 3.64. The van der Waals surface area contributed by atoms with E-state index >= 15 is 0 Å². The zero-order valence-electron chi connectivity index (χ0n) is 14.4. The molecule has 8 nitrogen and oxygen atoms in total. The van der Waals surface area contributed by atoms with Crippen molar-refractivity contribution >= 4 is 5.91 Å². The number of carbonyl (C=O) groups excluding carboxylic acids is 1. The number of nitrogens with zero attached hydrogens (tertiary/aromatic N) is 4. The molecule has 1 fully saturated rings. The molecule has 2 aromatic heterocycles. The molecule has 2 aliphatic heterocycles. The molecule has 2 aliphatic rings. The van der Waals surface area contributed by atoms with Crippen LogP contribution < -0.4 is 5.32 Å². The first-order valence-electron chi connectivity index (χ1n) is 8.77. The lowest BCUT2D eigenvalue weighted by Crippen LogP contribution is -2.40. The van der Waals surface area contributed by atoms with Crippen LogP contribution in [0.2, 0.25) is 0 Å². The SMILES string of the molecule is C[C@@H]1c2ncc(CNC(=O)c3ccno3)n2CCN1C[C@@H]1CCOC1. The van der Waals surface area contributed by atoms with E-state index in [0.29, 0.717) is 12.5 Å². The van der Waals surface area contributed by atoms with Crippen molar-refractivity contribution in [1.29, 1.82) is 0 Å². The second-order valence-corrected chi connectivity index (χ2v) is 6.72. The van der Waals surface area contributed by atoms with Gasteiger partial charge in [-0.25, -0.2) is 4.98 Å². The maximum Gasteiger partial charge on any atom is 0.290 e. The fourth-order valence-electron chi connectivity index (χ4n) is 3.64. The Morgan fingerprint density at radius 1 is 1.44 bits per heavy atom. The van der Waals surface area contributed by atoms with Gasteiger partial charge in [-0.3, -0.25) is 9.69 Å². The fraction of sp³-hybridized carbons (Fsp3) is 0.588. The van der Waals surface area contributed by atoms with Crippen LogP contribution in [0.5, 0.6) is 0 Å². The van der Waals surface area contributed by atoms with Gasteiger partial charge in [0.2, 0.25) is 5.76 Å². The van der Waals surface area contributed by atoms with Gasteiger partial charge in [-0.05, 0) is 19.3 Å². The zero-order chi connectivity index (χ0) is 17.2. The molecule has 1 N–H and O–H groups in total. The molecule has 0 saturated carbocycles. The second kappa shape index (κ2) is 6.97. The van der Waals surface area contributed by atoms with Crippen molar-refractivity contribution in [3.8, 4) is 0 Å². The largest absolute Gasteiger partial charge is 0.381 e. The predicted octanol–water partition coefficient (Wildman–Crippen LogP) is 1.21. The summed E-state index contributed by atoms with van der Waals surface area (Å²) < 4.78 is 12.6. The number of aromatic nitrogens is 3. The summed E-state index contributed by atoms with van der Waals surface area (Å²) in [6, 6.07) is 1.82. The van der Waals surface area contributed by atoms with E-state index in [1.54, 1.807) is 6.07 Å². The minimum atomic E-state index is -0.264. The van der Waals surface area contributed by atoms with Gasteiger partial charge in [-0.1, -0.05) is 5.16 Å². The summed E-state index contributed by atoms with van der Waals surface area (Å²) >= 11 is 0. The van der Waals surface area contributed by atoms with Crippen LogP contribution in [0.15, 0.2) is 23.0 Å². The van der Waals surface area contributed by atoms with Gasteiger partial charge in [0.15, 0.2) is 0 Å². The van der Waals surface area contributed by atoms with Crippen LogP contribution in [0.3, 0.4) is 0 Å². The van der Waals surface area contributed by atoms with Gasteiger partial charge in [-0.15, -0.1) is 0 Å². The molecule has 4 rings (SSSR count). The molecule has 0 bridgehead atoms. The standard InChI is InChI=1S/C17H23N5O3/c1-12-16-18-8-14(9-19-17(23)15-2-4-20-25-15)22(16)6-5-21(12)10-13-3-7-24-11-13/h2,4,8,12-13H,3,5-7,9-11H2,1H3,(H,19,23)/t12-,13+/m1/s1. The predicted molar refractivity (Wildman–Crippen MR) is 88.8 cm³/mol. The topological polar surface area (TPSA) is 85.4 Å². The lowest BCUT2D eigenvalue weighted by Gasteiger charge is -2.35. The first-order chi connectivity index (χ1) is 12.2. The van der Waals surface area contributed by atoms with Gasteiger partial charge in [0.05, 0.1) is 37.3 Å². The van der Waals surface area contributed by atoms with Gasteiger partial charge >= 0.3 is 0 Å².